The van der Waals surface area contributed by atoms with Crippen molar-refractivity contribution >= 4 is 5.78 Å². The fraction of sp³-hybridized carbons (Fsp3) is 0.917. The van der Waals surface area contributed by atoms with E-state index in [1.165, 1.54) is 51.4 Å². The molecule has 0 aromatic heterocycles. The quantitative estimate of drug-likeness (QED) is 0.557. The van der Waals surface area contributed by atoms with Crippen LogP contribution in [0.5, 0.6) is 0 Å². The predicted octanol–water partition coefficient (Wildman–Crippen LogP) is 2.94. The summed E-state index contributed by atoms with van der Waals surface area (Å²) >= 11 is 0. The molecular weight excluding hydrogens is 160 g/mol. The topological polar surface area (TPSA) is 17.1 Å². The van der Waals surface area contributed by atoms with E-state index in [1.807, 2.05) is 0 Å². The molecular formula is C12H18O. The zero-order chi connectivity index (χ0) is 8.89. The molecule has 3 rings (SSSR count). The molecule has 0 saturated heterocycles. The Labute approximate surface area is 79.9 Å². The van der Waals surface area contributed by atoms with E-state index in [0.717, 1.165) is 5.92 Å². The Hall–Kier alpha value is -0.330. The zero-order valence-corrected chi connectivity index (χ0v) is 8.22. The van der Waals surface area contributed by atoms with E-state index in [4.69, 9.17) is 0 Å². The number of Topliss-reactive ketones (excluding diaryl/α,β-unsaturated/α-hetero) is 1. The van der Waals surface area contributed by atoms with Crippen molar-refractivity contribution in [3.05, 3.63) is 0 Å². The van der Waals surface area contributed by atoms with E-state index in [1.54, 1.807) is 0 Å². The van der Waals surface area contributed by atoms with Crippen LogP contribution in [-0.2, 0) is 4.79 Å². The summed E-state index contributed by atoms with van der Waals surface area (Å²) in [5.41, 5.74) is 0.209. The lowest BCUT2D eigenvalue weighted by Gasteiger charge is -2.28. The summed E-state index contributed by atoms with van der Waals surface area (Å²) in [7, 11) is 0. The molecule has 3 atom stereocenters. The maximum Gasteiger partial charge on any atom is 0.142 e. The standard InChI is InChI=1S/C12H18O/c13-11-9-3-1-4-10-5-2-7-12(10,11)8-6-9/h9-10H,1-8H2/t9-,10+,12-/m0/s1. The molecule has 3 fully saturated rings. The van der Waals surface area contributed by atoms with E-state index in [-0.39, 0.29) is 5.41 Å². The van der Waals surface area contributed by atoms with Crippen LogP contribution in [0.3, 0.4) is 0 Å². The first-order valence-corrected chi connectivity index (χ1v) is 5.87. The molecule has 3 aliphatic rings. The maximum atomic E-state index is 12.2. The highest BCUT2D eigenvalue weighted by molar-refractivity contribution is 5.89. The number of ketones is 1. The van der Waals surface area contributed by atoms with Gasteiger partial charge in [-0.1, -0.05) is 12.8 Å². The summed E-state index contributed by atoms with van der Waals surface area (Å²) in [4.78, 5) is 12.2. The van der Waals surface area contributed by atoms with Crippen molar-refractivity contribution in [2.24, 2.45) is 17.3 Å². The Morgan fingerprint density at radius 2 is 1.85 bits per heavy atom. The van der Waals surface area contributed by atoms with Gasteiger partial charge >= 0.3 is 0 Å². The molecule has 1 nitrogen and oxygen atoms in total. The number of fused-ring (bicyclic) bond motifs is 1. The van der Waals surface area contributed by atoms with Crippen LogP contribution in [0.25, 0.3) is 0 Å². The van der Waals surface area contributed by atoms with Crippen LogP contribution in [0.15, 0.2) is 0 Å². The van der Waals surface area contributed by atoms with Crippen molar-refractivity contribution in [2.75, 3.05) is 0 Å². The van der Waals surface area contributed by atoms with Gasteiger partial charge in [0.25, 0.3) is 0 Å². The van der Waals surface area contributed by atoms with E-state index < -0.39 is 0 Å². The van der Waals surface area contributed by atoms with Crippen LogP contribution < -0.4 is 0 Å². The Morgan fingerprint density at radius 1 is 1.00 bits per heavy atom. The van der Waals surface area contributed by atoms with Gasteiger partial charge in [-0.25, -0.2) is 0 Å². The Kier molecular flexibility index (Phi) is 1.59. The number of carbonyl (C=O) groups is 1. The van der Waals surface area contributed by atoms with E-state index in [0.29, 0.717) is 11.7 Å². The average molecular weight is 178 g/mol. The molecule has 2 bridgehead atoms. The van der Waals surface area contributed by atoms with Gasteiger partial charge in [-0.15, -0.1) is 0 Å². The Balaban J connectivity index is 2.02. The monoisotopic (exact) mass is 178 g/mol. The van der Waals surface area contributed by atoms with Gasteiger partial charge in [0.2, 0.25) is 0 Å². The fourth-order valence-electron chi connectivity index (χ4n) is 4.20. The number of hydrogen-bond acceptors (Lipinski definition) is 1. The second kappa shape index (κ2) is 2.59. The van der Waals surface area contributed by atoms with Crippen LogP contribution >= 0.6 is 0 Å². The van der Waals surface area contributed by atoms with Gasteiger partial charge < -0.3 is 0 Å². The van der Waals surface area contributed by atoms with E-state index in [9.17, 15) is 4.79 Å². The van der Waals surface area contributed by atoms with Gasteiger partial charge in [0.1, 0.15) is 5.78 Å². The van der Waals surface area contributed by atoms with Crippen molar-refractivity contribution in [3.63, 3.8) is 0 Å². The second-order valence-electron chi connectivity index (χ2n) is 5.28. The van der Waals surface area contributed by atoms with E-state index >= 15 is 0 Å². The molecule has 1 spiro atoms. The molecule has 72 valence electrons. The first-order chi connectivity index (χ1) is 6.33. The molecule has 0 N–H and O–H groups in total. The van der Waals surface area contributed by atoms with Crippen LogP contribution in [0.1, 0.15) is 51.4 Å². The molecule has 3 aliphatic carbocycles. The predicted molar refractivity (Wildman–Crippen MR) is 51.4 cm³/mol. The molecule has 13 heavy (non-hydrogen) atoms. The first-order valence-electron chi connectivity index (χ1n) is 5.87. The van der Waals surface area contributed by atoms with Crippen LogP contribution in [0.4, 0.5) is 0 Å². The van der Waals surface area contributed by atoms with Crippen LogP contribution in [0.2, 0.25) is 0 Å². The molecule has 0 aliphatic heterocycles. The summed E-state index contributed by atoms with van der Waals surface area (Å²) in [5, 5.41) is 0. The molecule has 0 aromatic carbocycles. The smallest absolute Gasteiger partial charge is 0.142 e. The zero-order valence-electron chi connectivity index (χ0n) is 8.22. The highest BCUT2D eigenvalue weighted by atomic mass is 16.1. The lowest BCUT2D eigenvalue weighted by atomic mass is 9.74. The van der Waals surface area contributed by atoms with Crippen molar-refractivity contribution in [2.45, 2.75) is 51.4 Å². The van der Waals surface area contributed by atoms with Gasteiger partial charge in [-0.3, -0.25) is 4.79 Å². The summed E-state index contributed by atoms with van der Waals surface area (Å²) in [5.74, 6) is 1.93. The minimum Gasteiger partial charge on any atom is -0.299 e. The molecule has 0 heterocycles. The summed E-state index contributed by atoms with van der Waals surface area (Å²) in [6.45, 7) is 0. The summed E-state index contributed by atoms with van der Waals surface area (Å²) in [6, 6.07) is 0. The number of carbonyl (C=O) groups excluding carboxylic acids is 1. The molecule has 0 radical (unpaired) electrons. The maximum absolute atomic E-state index is 12.2. The van der Waals surface area contributed by atoms with E-state index in [2.05, 4.69) is 0 Å². The normalized spacial score (nSPS) is 49.1. The number of hydrogen-bond donors (Lipinski definition) is 0. The first kappa shape index (κ1) is 8.02. The molecule has 3 saturated carbocycles. The highest BCUT2D eigenvalue weighted by Crippen LogP contribution is 2.57. The molecule has 1 heteroatoms. The number of rotatable bonds is 0. The molecule has 0 amide bonds. The minimum atomic E-state index is 0.209. The third-order valence-electron chi connectivity index (χ3n) is 4.86. The lowest BCUT2D eigenvalue weighted by Crippen LogP contribution is -2.30. The summed E-state index contributed by atoms with van der Waals surface area (Å²) < 4.78 is 0. The van der Waals surface area contributed by atoms with Gasteiger partial charge in [0, 0.05) is 11.3 Å². The lowest BCUT2D eigenvalue weighted by molar-refractivity contribution is -0.130. The molecule has 0 unspecified atom stereocenters. The van der Waals surface area contributed by atoms with Crippen LogP contribution in [0, 0.1) is 17.3 Å². The summed E-state index contributed by atoms with van der Waals surface area (Å²) in [6.07, 6.45) is 10.2. The largest absolute Gasteiger partial charge is 0.299 e. The van der Waals surface area contributed by atoms with Gasteiger partial charge in [-0.2, -0.15) is 0 Å². The Morgan fingerprint density at radius 3 is 2.77 bits per heavy atom. The SMILES string of the molecule is O=C1[C@H]2CCC[C@@H]3CCC[C@@]13CC2. The molecule has 0 aromatic rings. The third-order valence-corrected chi connectivity index (χ3v) is 4.86. The van der Waals surface area contributed by atoms with Crippen molar-refractivity contribution in [1.82, 2.24) is 0 Å². The van der Waals surface area contributed by atoms with Crippen molar-refractivity contribution in [1.29, 1.82) is 0 Å². The average Bonchev–Trinajstić information content (AvgIpc) is 2.59. The van der Waals surface area contributed by atoms with Crippen molar-refractivity contribution < 1.29 is 4.79 Å². The minimum absolute atomic E-state index is 0.209. The Bertz CT molecular complexity index is 246. The van der Waals surface area contributed by atoms with Crippen LogP contribution in [-0.4, -0.2) is 5.78 Å². The highest BCUT2D eigenvalue weighted by Gasteiger charge is 2.55. The fourth-order valence-corrected chi connectivity index (χ4v) is 4.20. The van der Waals surface area contributed by atoms with Crippen molar-refractivity contribution in [3.8, 4) is 0 Å². The van der Waals surface area contributed by atoms with Gasteiger partial charge in [0.05, 0.1) is 0 Å². The third kappa shape index (κ3) is 0.908. The van der Waals surface area contributed by atoms with Gasteiger partial charge in [-0.05, 0) is 44.4 Å². The second-order valence-corrected chi connectivity index (χ2v) is 5.28. The van der Waals surface area contributed by atoms with Gasteiger partial charge in [0.15, 0.2) is 0 Å².